The summed E-state index contributed by atoms with van der Waals surface area (Å²) in [6.45, 7) is 4.08. The van der Waals surface area contributed by atoms with Gasteiger partial charge in [0.1, 0.15) is 0 Å². The van der Waals surface area contributed by atoms with Crippen LogP contribution in [-0.2, 0) is 6.54 Å². The number of hydrogen-bond acceptors (Lipinski definition) is 2. The number of nitrogens with zero attached hydrogens (tertiary/aromatic N) is 2. The van der Waals surface area contributed by atoms with E-state index in [0.29, 0.717) is 18.7 Å². The summed E-state index contributed by atoms with van der Waals surface area (Å²) in [6, 6.07) is 22.9. The van der Waals surface area contributed by atoms with Crippen LogP contribution >= 0.6 is 15.9 Å². The van der Waals surface area contributed by atoms with E-state index in [9.17, 15) is 9.59 Å². The van der Waals surface area contributed by atoms with Gasteiger partial charge < -0.3 is 10.2 Å². The summed E-state index contributed by atoms with van der Waals surface area (Å²) in [5.74, 6) is -0.181. The van der Waals surface area contributed by atoms with Crippen molar-refractivity contribution in [3.05, 3.63) is 94.0 Å². The molecule has 0 atom stereocenters. The lowest BCUT2D eigenvalue weighted by Crippen LogP contribution is -2.49. The average molecular weight is 478 g/mol. The molecule has 1 saturated heterocycles. The molecule has 1 heterocycles. The molecule has 0 aliphatic carbocycles. The van der Waals surface area contributed by atoms with Gasteiger partial charge in [-0.15, -0.1) is 0 Å². The summed E-state index contributed by atoms with van der Waals surface area (Å²) < 4.78 is 0.956. The Kier molecular flexibility index (Phi) is 6.37. The van der Waals surface area contributed by atoms with Crippen LogP contribution in [0.3, 0.4) is 0 Å². The summed E-state index contributed by atoms with van der Waals surface area (Å²) in [7, 11) is 0. The zero-order valence-corrected chi connectivity index (χ0v) is 18.9. The standard InChI is InChI=1S/C25H24BrN3O2/c1-18-3-5-19(6-4-18)17-28-15-2-16-29(25(28)31)23-13-7-20(8-14-23)24(30)27-22-11-9-21(26)10-12-22/h3-14H,2,15-17H2,1H3,(H,27,30). The summed E-state index contributed by atoms with van der Waals surface area (Å²) in [4.78, 5) is 29.2. The molecule has 158 valence electrons. The van der Waals surface area contributed by atoms with Crippen molar-refractivity contribution >= 4 is 39.2 Å². The SMILES string of the molecule is Cc1ccc(CN2CCCN(c3ccc(C(=O)Nc4ccc(Br)cc4)cc3)C2=O)cc1. The number of hydrogen-bond donors (Lipinski definition) is 1. The van der Waals surface area contributed by atoms with Gasteiger partial charge in [-0.25, -0.2) is 4.79 Å². The van der Waals surface area contributed by atoms with Crippen molar-refractivity contribution in [1.82, 2.24) is 4.90 Å². The zero-order valence-electron chi connectivity index (χ0n) is 17.3. The summed E-state index contributed by atoms with van der Waals surface area (Å²) in [5, 5.41) is 2.88. The molecule has 5 nitrogen and oxygen atoms in total. The van der Waals surface area contributed by atoms with E-state index in [1.807, 2.05) is 41.3 Å². The maximum absolute atomic E-state index is 13.1. The topological polar surface area (TPSA) is 52.6 Å². The fraction of sp³-hybridized carbons (Fsp3) is 0.200. The Balaban J connectivity index is 1.42. The smallest absolute Gasteiger partial charge is 0.322 e. The number of carbonyl (C=O) groups is 2. The largest absolute Gasteiger partial charge is 0.324 e. The first-order valence-electron chi connectivity index (χ1n) is 10.3. The second kappa shape index (κ2) is 9.35. The van der Waals surface area contributed by atoms with Crippen LogP contribution in [0.1, 0.15) is 27.9 Å². The van der Waals surface area contributed by atoms with Gasteiger partial charge in [0.25, 0.3) is 5.91 Å². The third-order valence-electron chi connectivity index (χ3n) is 5.35. The number of nitrogens with one attached hydrogen (secondary N) is 1. The van der Waals surface area contributed by atoms with Crippen LogP contribution in [0, 0.1) is 6.92 Å². The molecule has 0 aromatic heterocycles. The molecular weight excluding hydrogens is 454 g/mol. The normalized spacial score (nSPS) is 13.9. The number of benzene rings is 3. The molecule has 31 heavy (non-hydrogen) atoms. The third-order valence-corrected chi connectivity index (χ3v) is 5.88. The fourth-order valence-electron chi connectivity index (χ4n) is 3.61. The van der Waals surface area contributed by atoms with E-state index in [4.69, 9.17) is 0 Å². The monoisotopic (exact) mass is 477 g/mol. The van der Waals surface area contributed by atoms with Gasteiger partial charge in [-0.3, -0.25) is 9.69 Å². The summed E-state index contributed by atoms with van der Waals surface area (Å²) in [5.41, 5.74) is 4.42. The molecular formula is C25H24BrN3O2. The van der Waals surface area contributed by atoms with Crippen molar-refractivity contribution in [2.24, 2.45) is 0 Å². The van der Waals surface area contributed by atoms with E-state index < -0.39 is 0 Å². The third kappa shape index (κ3) is 5.14. The molecule has 3 amide bonds. The Morgan fingerprint density at radius 3 is 2.29 bits per heavy atom. The summed E-state index contributed by atoms with van der Waals surface area (Å²) >= 11 is 3.38. The number of urea groups is 1. The highest BCUT2D eigenvalue weighted by Crippen LogP contribution is 2.23. The van der Waals surface area contributed by atoms with E-state index in [-0.39, 0.29) is 11.9 Å². The zero-order chi connectivity index (χ0) is 21.8. The van der Waals surface area contributed by atoms with E-state index >= 15 is 0 Å². The first kappa shape index (κ1) is 21.1. The molecule has 0 radical (unpaired) electrons. The summed E-state index contributed by atoms with van der Waals surface area (Å²) in [6.07, 6.45) is 0.906. The predicted octanol–water partition coefficient (Wildman–Crippen LogP) is 5.84. The maximum Gasteiger partial charge on any atom is 0.324 e. The van der Waals surface area contributed by atoms with Crippen LogP contribution in [0.2, 0.25) is 0 Å². The number of rotatable bonds is 5. The number of anilines is 2. The molecule has 1 aliphatic heterocycles. The van der Waals surface area contributed by atoms with Crippen LogP contribution in [0.4, 0.5) is 16.2 Å². The van der Waals surface area contributed by atoms with Crippen molar-refractivity contribution in [2.45, 2.75) is 19.9 Å². The predicted molar refractivity (Wildman–Crippen MR) is 127 cm³/mol. The van der Waals surface area contributed by atoms with E-state index in [0.717, 1.165) is 34.4 Å². The molecule has 0 saturated carbocycles. The van der Waals surface area contributed by atoms with E-state index in [1.54, 1.807) is 17.0 Å². The minimum absolute atomic E-state index is 0.00103. The van der Waals surface area contributed by atoms with Gasteiger partial charge in [0.05, 0.1) is 0 Å². The number of carbonyl (C=O) groups excluding carboxylic acids is 2. The molecule has 0 unspecified atom stereocenters. The Morgan fingerprint density at radius 2 is 1.61 bits per heavy atom. The van der Waals surface area contributed by atoms with Gasteiger partial charge in [-0.1, -0.05) is 45.8 Å². The van der Waals surface area contributed by atoms with Crippen LogP contribution in [0.15, 0.2) is 77.3 Å². The molecule has 4 rings (SSSR count). The van der Waals surface area contributed by atoms with Gasteiger partial charge in [-0.05, 0) is 67.4 Å². The maximum atomic E-state index is 13.1. The van der Waals surface area contributed by atoms with Crippen molar-refractivity contribution in [3.63, 3.8) is 0 Å². The Hall–Kier alpha value is -3.12. The quantitative estimate of drug-likeness (QED) is 0.501. The average Bonchev–Trinajstić information content (AvgIpc) is 2.78. The number of amides is 3. The first-order chi connectivity index (χ1) is 15.0. The molecule has 0 bridgehead atoms. The van der Waals surface area contributed by atoms with Gasteiger partial charge >= 0.3 is 6.03 Å². The highest BCUT2D eigenvalue weighted by Gasteiger charge is 2.26. The highest BCUT2D eigenvalue weighted by atomic mass is 79.9. The van der Waals surface area contributed by atoms with Gasteiger partial charge in [0, 0.05) is 41.0 Å². The minimum atomic E-state index is -0.181. The molecule has 6 heteroatoms. The van der Waals surface area contributed by atoms with Crippen molar-refractivity contribution in [2.75, 3.05) is 23.3 Å². The van der Waals surface area contributed by atoms with Crippen LogP contribution in [-0.4, -0.2) is 29.9 Å². The molecule has 0 spiro atoms. The van der Waals surface area contributed by atoms with Crippen molar-refractivity contribution < 1.29 is 9.59 Å². The second-order valence-electron chi connectivity index (χ2n) is 7.70. The molecule has 1 fully saturated rings. The molecule has 3 aromatic rings. The lowest BCUT2D eigenvalue weighted by Gasteiger charge is -2.35. The Labute approximate surface area is 190 Å². The molecule has 3 aromatic carbocycles. The molecule has 1 N–H and O–H groups in total. The fourth-order valence-corrected chi connectivity index (χ4v) is 3.88. The molecule has 1 aliphatic rings. The van der Waals surface area contributed by atoms with Gasteiger partial charge in [0.2, 0.25) is 0 Å². The number of aryl methyl sites for hydroxylation is 1. The van der Waals surface area contributed by atoms with Crippen molar-refractivity contribution in [3.8, 4) is 0 Å². The first-order valence-corrected chi connectivity index (χ1v) is 11.1. The highest BCUT2D eigenvalue weighted by molar-refractivity contribution is 9.10. The van der Waals surface area contributed by atoms with Gasteiger partial charge in [-0.2, -0.15) is 0 Å². The van der Waals surface area contributed by atoms with Crippen LogP contribution in [0.25, 0.3) is 0 Å². The Bertz CT molecular complexity index is 1060. The lowest BCUT2D eigenvalue weighted by atomic mass is 10.1. The lowest BCUT2D eigenvalue weighted by molar-refractivity contribution is 0.102. The van der Waals surface area contributed by atoms with E-state index in [2.05, 4.69) is 52.4 Å². The second-order valence-corrected chi connectivity index (χ2v) is 8.62. The van der Waals surface area contributed by atoms with E-state index in [1.165, 1.54) is 5.56 Å². The van der Waals surface area contributed by atoms with Crippen molar-refractivity contribution in [1.29, 1.82) is 0 Å². The van der Waals surface area contributed by atoms with Crippen LogP contribution in [0.5, 0.6) is 0 Å². The minimum Gasteiger partial charge on any atom is -0.322 e. The van der Waals surface area contributed by atoms with Crippen LogP contribution < -0.4 is 10.2 Å². The van der Waals surface area contributed by atoms with Gasteiger partial charge in [0.15, 0.2) is 0 Å². The number of halogens is 1. The Morgan fingerprint density at radius 1 is 0.935 bits per heavy atom.